The maximum absolute atomic E-state index is 11.6. The number of carbonyl (C=O) groups excluding carboxylic acids is 1. The Labute approximate surface area is 157 Å². The van der Waals surface area contributed by atoms with Crippen LogP contribution in [0.25, 0.3) is 0 Å². The van der Waals surface area contributed by atoms with Crippen molar-refractivity contribution in [2.75, 3.05) is 5.32 Å². The zero-order chi connectivity index (χ0) is 19.2. The summed E-state index contributed by atoms with van der Waals surface area (Å²) in [7, 11) is 0. The fraction of sp³-hybridized carbons (Fsp3) is 0.381. The van der Waals surface area contributed by atoms with Crippen molar-refractivity contribution < 1.29 is 14.5 Å². The monoisotopic (exact) mass is 366 g/mol. The van der Waals surface area contributed by atoms with Gasteiger partial charge >= 0.3 is 0 Å². The Bertz CT molecular complexity index is 909. The molecule has 0 radical (unpaired) electrons. The van der Waals surface area contributed by atoms with Gasteiger partial charge in [0, 0.05) is 23.2 Å². The molecule has 1 aliphatic heterocycles. The van der Waals surface area contributed by atoms with Gasteiger partial charge in [-0.05, 0) is 61.6 Å². The van der Waals surface area contributed by atoms with Crippen molar-refractivity contribution in [1.29, 1.82) is 0 Å². The fourth-order valence-corrected chi connectivity index (χ4v) is 4.66. The van der Waals surface area contributed by atoms with E-state index in [0.717, 1.165) is 54.3 Å². The summed E-state index contributed by atoms with van der Waals surface area (Å²) in [5.41, 5.74) is 3.51. The maximum Gasteiger partial charge on any atom is 0.270 e. The van der Waals surface area contributed by atoms with E-state index in [2.05, 4.69) is 5.32 Å². The Balaban J connectivity index is 1.70. The van der Waals surface area contributed by atoms with Gasteiger partial charge in [-0.3, -0.25) is 10.1 Å². The van der Waals surface area contributed by atoms with E-state index in [1.54, 1.807) is 0 Å². The van der Waals surface area contributed by atoms with E-state index in [4.69, 9.17) is 4.74 Å². The van der Waals surface area contributed by atoms with Crippen molar-refractivity contribution in [3.63, 3.8) is 0 Å². The van der Waals surface area contributed by atoms with Crippen LogP contribution < -0.4 is 10.1 Å². The average Bonchev–Trinajstić information content (AvgIpc) is 3.24. The first-order valence-corrected chi connectivity index (χ1v) is 9.24. The number of rotatable bonds is 4. The number of aldehydes is 1. The van der Waals surface area contributed by atoms with E-state index in [1.807, 2.05) is 32.0 Å². The fourth-order valence-electron chi connectivity index (χ4n) is 4.66. The number of nitro benzene ring substituents is 1. The summed E-state index contributed by atoms with van der Waals surface area (Å²) in [6, 6.07) is 8.73. The van der Waals surface area contributed by atoms with Crippen molar-refractivity contribution in [1.82, 2.24) is 0 Å². The molecular formula is C21H22N2O4. The Morgan fingerprint density at radius 2 is 1.85 bits per heavy atom. The summed E-state index contributed by atoms with van der Waals surface area (Å²) in [5, 5.41) is 14.4. The molecule has 0 bridgehead atoms. The molecule has 1 N–H and O–H groups in total. The minimum Gasteiger partial charge on any atom is -0.457 e. The number of carbonyl (C=O) groups is 1. The summed E-state index contributed by atoms with van der Waals surface area (Å²) in [4.78, 5) is 22.3. The second-order valence-electron chi connectivity index (χ2n) is 7.60. The van der Waals surface area contributed by atoms with Crippen LogP contribution in [0.1, 0.15) is 42.4 Å². The van der Waals surface area contributed by atoms with E-state index in [9.17, 15) is 14.9 Å². The standard InChI is InChI=1S/C21H22N2O4/c1-13-9-15(23(25)26)10-14(2)20(13)27-16-5-6-18-17(11-16)21(7-3-4-8-21)19(12-24)22-18/h5-6,9-12,19,22H,3-4,7-8H2,1-2H3. The Kier molecular flexibility index (Phi) is 4.13. The molecule has 2 aromatic rings. The number of anilines is 1. The molecule has 140 valence electrons. The van der Waals surface area contributed by atoms with Crippen LogP contribution in [-0.2, 0) is 10.2 Å². The zero-order valence-electron chi connectivity index (χ0n) is 15.5. The van der Waals surface area contributed by atoms with Crippen molar-refractivity contribution in [3.8, 4) is 11.5 Å². The summed E-state index contributed by atoms with van der Waals surface area (Å²) in [6.45, 7) is 3.62. The van der Waals surface area contributed by atoms with Crippen molar-refractivity contribution in [3.05, 3.63) is 57.1 Å². The van der Waals surface area contributed by atoms with Gasteiger partial charge in [-0.15, -0.1) is 0 Å². The molecule has 0 amide bonds. The van der Waals surface area contributed by atoms with E-state index >= 15 is 0 Å². The van der Waals surface area contributed by atoms with Crippen LogP contribution >= 0.6 is 0 Å². The van der Waals surface area contributed by atoms with Gasteiger partial charge in [-0.1, -0.05) is 12.8 Å². The second kappa shape index (κ2) is 6.37. The number of fused-ring (bicyclic) bond motifs is 2. The average molecular weight is 366 g/mol. The molecule has 1 saturated carbocycles. The van der Waals surface area contributed by atoms with Gasteiger partial charge in [0.1, 0.15) is 17.8 Å². The van der Waals surface area contributed by atoms with E-state index < -0.39 is 4.92 Å². The molecule has 1 spiro atoms. The normalized spacial score (nSPS) is 19.6. The largest absolute Gasteiger partial charge is 0.457 e. The summed E-state index contributed by atoms with van der Waals surface area (Å²) >= 11 is 0. The molecule has 0 saturated heterocycles. The van der Waals surface area contributed by atoms with Gasteiger partial charge in [0.15, 0.2) is 0 Å². The molecule has 6 nitrogen and oxygen atoms in total. The van der Waals surface area contributed by atoms with E-state index in [-0.39, 0.29) is 17.1 Å². The molecule has 6 heteroatoms. The first-order chi connectivity index (χ1) is 12.9. The van der Waals surface area contributed by atoms with Gasteiger partial charge in [-0.25, -0.2) is 0 Å². The van der Waals surface area contributed by atoms with Crippen LogP contribution in [0.5, 0.6) is 11.5 Å². The van der Waals surface area contributed by atoms with Crippen molar-refractivity contribution in [2.24, 2.45) is 0 Å². The van der Waals surface area contributed by atoms with Crippen LogP contribution in [-0.4, -0.2) is 17.3 Å². The number of hydrogen-bond donors (Lipinski definition) is 1. The predicted molar refractivity (Wildman–Crippen MR) is 103 cm³/mol. The smallest absolute Gasteiger partial charge is 0.270 e. The number of ether oxygens (including phenoxy) is 1. The molecule has 1 aliphatic carbocycles. The highest BCUT2D eigenvalue weighted by Crippen LogP contribution is 2.52. The van der Waals surface area contributed by atoms with Crippen LogP contribution in [0.2, 0.25) is 0 Å². The lowest BCUT2D eigenvalue weighted by Gasteiger charge is -2.28. The molecule has 1 heterocycles. The molecule has 1 atom stereocenters. The quantitative estimate of drug-likeness (QED) is 0.477. The van der Waals surface area contributed by atoms with Gasteiger partial charge in [0.05, 0.1) is 11.0 Å². The zero-order valence-corrected chi connectivity index (χ0v) is 15.5. The third-order valence-corrected chi connectivity index (χ3v) is 5.94. The Morgan fingerprint density at radius 3 is 2.44 bits per heavy atom. The maximum atomic E-state index is 11.6. The number of hydrogen-bond acceptors (Lipinski definition) is 5. The third kappa shape index (κ3) is 2.76. The number of non-ortho nitro benzene ring substituents is 1. The van der Waals surface area contributed by atoms with E-state index in [0.29, 0.717) is 11.5 Å². The van der Waals surface area contributed by atoms with E-state index in [1.165, 1.54) is 12.1 Å². The molecule has 1 fully saturated rings. The Hall–Kier alpha value is -2.89. The number of nitrogens with zero attached hydrogens (tertiary/aromatic N) is 1. The van der Waals surface area contributed by atoms with Gasteiger partial charge in [0.2, 0.25) is 0 Å². The topological polar surface area (TPSA) is 81.5 Å². The van der Waals surface area contributed by atoms with Crippen molar-refractivity contribution >= 4 is 17.7 Å². The molecule has 1 unspecified atom stereocenters. The van der Waals surface area contributed by atoms with Crippen LogP contribution in [0.15, 0.2) is 30.3 Å². The minimum absolute atomic E-state index is 0.0641. The second-order valence-corrected chi connectivity index (χ2v) is 7.60. The predicted octanol–water partition coefficient (Wildman–Crippen LogP) is 4.81. The lowest BCUT2D eigenvalue weighted by atomic mass is 9.75. The molecule has 27 heavy (non-hydrogen) atoms. The first kappa shape index (κ1) is 17.5. The molecule has 4 rings (SSSR count). The van der Waals surface area contributed by atoms with Gasteiger partial charge in [0.25, 0.3) is 5.69 Å². The number of nitro groups is 1. The highest BCUT2D eigenvalue weighted by molar-refractivity contribution is 5.77. The third-order valence-electron chi connectivity index (χ3n) is 5.94. The van der Waals surface area contributed by atoms with Crippen LogP contribution in [0, 0.1) is 24.0 Å². The highest BCUT2D eigenvalue weighted by Gasteiger charge is 2.48. The summed E-state index contributed by atoms with van der Waals surface area (Å²) in [6.07, 6.45) is 5.26. The number of benzene rings is 2. The summed E-state index contributed by atoms with van der Waals surface area (Å²) < 4.78 is 6.13. The molecular weight excluding hydrogens is 344 g/mol. The SMILES string of the molecule is Cc1cc([N+](=O)[O-])cc(C)c1Oc1ccc2c(c1)C1(CCCC1)C(C=O)N2. The van der Waals surface area contributed by atoms with Crippen molar-refractivity contribution in [2.45, 2.75) is 51.0 Å². The summed E-state index contributed by atoms with van der Waals surface area (Å²) in [5.74, 6) is 1.33. The van der Waals surface area contributed by atoms with Gasteiger partial charge < -0.3 is 14.8 Å². The lowest BCUT2D eigenvalue weighted by molar-refractivity contribution is -0.385. The Morgan fingerprint density at radius 1 is 1.19 bits per heavy atom. The first-order valence-electron chi connectivity index (χ1n) is 9.24. The highest BCUT2D eigenvalue weighted by atomic mass is 16.6. The van der Waals surface area contributed by atoms with Crippen LogP contribution in [0.3, 0.4) is 0 Å². The molecule has 0 aromatic heterocycles. The van der Waals surface area contributed by atoms with Gasteiger partial charge in [-0.2, -0.15) is 0 Å². The lowest BCUT2D eigenvalue weighted by Crippen LogP contribution is -2.37. The molecule has 2 aliphatic rings. The van der Waals surface area contributed by atoms with Crippen LogP contribution in [0.4, 0.5) is 11.4 Å². The number of aryl methyl sites for hydroxylation is 2. The molecule has 2 aromatic carbocycles. The minimum atomic E-state index is -0.395. The number of nitrogens with one attached hydrogen (secondary N) is 1.